The second kappa shape index (κ2) is 8.29. The minimum absolute atomic E-state index is 0.485. The Hall–Kier alpha value is -0.210. The van der Waals surface area contributed by atoms with E-state index >= 15 is 0 Å². The summed E-state index contributed by atoms with van der Waals surface area (Å²) in [5.74, 6) is 0. The zero-order chi connectivity index (χ0) is 15.2. The van der Waals surface area contributed by atoms with Crippen LogP contribution < -0.4 is 5.73 Å². The third kappa shape index (κ3) is 4.14. The standard InChI is InChI=1S/C13H30N4O2S/c1-4-13(7-8-14)15-9-11-17(12-10-15)20(18,19)16(5-2)6-3/h13H,4-12,14H2,1-3H3. The van der Waals surface area contributed by atoms with Crippen LogP contribution in [0.5, 0.6) is 0 Å². The van der Waals surface area contributed by atoms with Gasteiger partial charge in [-0.25, -0.2) is 0 Å². The van der Waals surface area contributed by atoms with Crippen molar-refractivity contribution >= 4 is 10.2 Å². The van der Waals surface area contributed by atoms with E-state index in [4.69, 9.17) is 5.73 Å². The fourth-order valence-electron chi connectivity index (χ4n) is 2.85. The van der Waals surface area contributed by atoms with Crippen molar-refractivity contribution in [3.05, 3.63) is 0 Å². The Bertz CT molecular complexity index is 363. The van der Waals surface area contributed by atoms with E-state index in [1.807, 2.05) is 13.8 Å². The summed E-state index contributed by atoms with van der Waals surface area (Å²) in [6.45, 7) is 10.5. The summed E-state index contributed by atoms with van der Waals surface area (Å²) in [5, 5.41) is 0. The molecule has 1 aliphatic rings. The van der Waals surface area contributed by atoms with Crippen molar-refractivity contribution < 1.29 is 8.42 Å². The Morgan fingerprint density at radius 3 is 2.05 bits per heavy atom. The summed E-state index contributed by atoms with van der Waals surface area (Å²) in [6.07, 6.45) is 2.05. The van der Waals surface area contributed by atoms with Crippen LogP contribution >= 0.6 is 0 Å². The van der Waals surface area contributed by atoms with Gasteiger partial charge in [-0.2, -0.15) is 17.0 Å². The molecule has 1 unspecified atom stereocenters. The van der Waals surface area contributed by atoms with E-state index in [-0.39, 0.29) is 0 Å². The van der Waals surface area contributed by atoms with Gasteiger partial charge in [0.1, 0.15) is 0 Å². The molecule has 2 N–H and O–H groups in total. The van der Waals surface area contributed by atoms with Gasteiger partial charge in [-0.3, -0.25) is 4.90 Å². The van der Waals surface area contributed by atoms with Crippen LogP contribution in [0.3, 0.4) is 0 Å². The molecular weight excluding hydrogens is 276 g/mol. The van der Waals surface area contributed by atoms with Gasteiger partial charge in [-0.1, -0.05) is 20.8 Å². The van der Waals surface area contributed by atoms with Crippen LogP contribution in [-0.4, -0.2) is 73.8 Å². The summed E-state index contributed by atoms with van der Waals surface area (Å²) in [5.41, 5.74) is 5.64. The number of piperazine rings is 1. The number of rotatable bonds is 8. The monoisotopic (exact) mass is 306 g/mol. The second-order valence-electron chi connectivity index (χ2n) is 5.17. The molecule has 1 fully saturated rings. The molecule has 0 aromatic heterocycles. The first-order valence-corrected chi connectivity index (χ1v) is 9.10. The molecule has 120 valence electrons. The summed E-state index contributed by atoms with van der Waals surface area (Å²) in [7, 11) is -3.28. The Morgan fingerprint density at radius 1 is 1.10 bits per heavy atom. The third-order valence-corrected chi connectivity index (χ3v) is 6.31. The molecule has 0 aliphatic carbocycles. The lowest BCUT2D eigenvalue weighted by Crippen LogP contribution is -2.55. The van der Waals surface area contributed by atoms with Crippen LogP contribution in [0.2, 0.25) is 0 Å². The van der Waals surface area contributed by atoms with Gasteiger partial charge in [0.15, 0.2) is 0 Å². The van der Waals surface area contributed by atoms with Gasteiger partial charge in [0.25, 0.3) is 10.2 Å². The summed E-state index contributed by atoms with van der Waals surface area (Å²) in [4.78, 5) is 2.38. The fraction of sp³-hybridized carbons (Fsp3) is 1.00. The van der Waals surface area contributed by atoms with Gasteiger partial charge in [-0.15, -0.1) is 0 Å². The normalized spacial score (nSPS) is 20.4. The molecule has 1 heterocycles. The summed E-state index contributed by atoms with van der Waals surface area (Å²) < 4.78 is 28.0. The lowest BCUT2D eigenvalue weighted by atomic mass is 10.1. The predicted octanol–water partition coefficient (Wildman–Crippen LogP) is 0.318. The molecule has 0 radical (unpaired) electrons. The van der Waals surface area contributed by atoms with Crippen molar-refractivity contribution in [2.45, 2.75) is 39.7 Å². The molecule has 1 saturated heterocycles. The molecule has 0 amide bonds. The van der Waals surface area contributed by atoms with Gasteiger partial charge in [0.05, 0.1) is 0 Å². The van der Waals surface area contributed by atoms with Gasteiger partial charge < -0.3 is 5.73 Å². The van der Waals surface area contributed by atoms with Crippen LogP contribution in [0, 0.1) is 0 Å². The Morgan fingerprint density at radius 2 is 1.65 bits per heavy atom. The number of nitrogens with zero attached hydrogens (tertiary/aromatic N) is 3. The minimum Gasteiger partial charge on any atom is -0.330 e. The van der Waals surface area contributed by atoms with Crippen molar-refractivity contribution in [1.29, 1.82) is 0 Å². The molecule has 0 saturated carbocycles. The number of hydrogen-bond acceptors (Lipinski definition) is 4. The molecule has 1 rings (SSSR count). The Labute approximate surface area is 124 Å². The smallest absolute Gasteiger partial charge is 0.282 e. The van der Waals surface area contributed by atoms with Gasteiger partial charge >= 0.3 is 0 Å². The Kier molecular flexibility index (Phi) is 7.39. The van der Waals surface area contributed by atoms with E-state index in [1.54, 1.807) is 4.31 Å². The molecule has 0 bridgehead atoms. The highest BCUT2D eigenvalue weighted by Crippen LogP contribution is 2.16. The molecule has 1 atom stereocenters. The molecule has 7 heteroatoms. The SMILES string of the molecule is CCC(CCN)N1CCN(S(=O)(=O)N(CC)CC)CC1. The zero-order valence-electron chi connectivity index (χ0n) is 13.1. The van der Waals surface area contributed by atoms with Gasteiger partial charge in [-0.05, 0) is 19.4 Å². The quantitative estimate of drug-likeness (QED) is 0.701. The highest BCUT2D eigenvalue weighted by Gasteiger charge is 2.32. The average Bonchev–Trinajstić information content (AvgIpc) is 2.46. The molecule has 1 aliphatic heterocycles. The summed E-state index contributed by atoms with van der Waals surface area (Å²) >= 11 is 0. The van der Waals surface area contributed by atoms with Crippen LogP contribution in [0.4, 0.5) is 0 Å². The molecular formula is C13H30N4O2S. The van der Waals surface area contributed by atoms with E-state index < -0.39 is 10.2 Å². The first kappa shape index (κ1) is 17.8. The molecule has 6 nitrogen and oxygen atoms in total. The molecule has 0 spiro atoms. The lowest BCUT2D eigenvalue weighted by molar-refractivity contribution is 0.125. The summed E-state index contributed by atoms with van der Waals surface area (Å²) in [6, 6.07) is 0.485. The van der Waals surface area contributed by atoms with Crippen molar-refractivity contribution in [1.82, 2.24) is 13.5 Å². The zero-order valence-corrected chi connectivity index (χ0v) is 13.9. The van der Waals surface area contributed by atoms with Crippen LogP contribution in [0.1, 0.15) is 33.6 Å². The van der Waals surface area contributed by atoms with E-state index in [2.05, 4.69) is 11.8 Å². The van der Waals surface area contributed by atoms with Crippen LogP contribution in [0.15, 0.2) is 0 Å². The van der Waals surface area contributed by atoms with Crippen LogP contribution in [-0.2, 0) is 10.2 Å². The minimum atomic E-state index is -3.28. The topological polar surface area (TPSA) is 69.9 Å². The largest absolute Gasteiger partial charge is 0.330 e. The maximum atomic E-state index is 12.4. The lowest BCUT2D eigenvalue weighted by Gasteiger charge is -2.39. The maximum absolute atomic E-state index is 12.4. The molecule has 20 heavy (non-hydrogen) atoms. The fourth-order valence-corrected chi connectivity index (χ4v) is 4.45. The van der Waals surface area contributed by atoms with Gasteiger partial charge in [0.2, 0.25) is 0 Å². The maximum Gasteiger partial charge on any atom is 0.282 e. The highest BCUT2D eigenvalue weighted by molar-refractivity contribution is 7.86. The third-order valence-electron chi connectivity index (χ3n) is 4.12. The van der Waals surface area contributed by atoms with Gasteiger partial charge in [0, 0.05) is 45.3 Å². The first-order chi connectivity index (χ1) is 9.51. The molecule has 0 aromatic rings. The van der Waals surface area contributed by atoms with Crippen LogP contribution in [0.25, 0.3) is 0 Å². The number of nitrogens with two attached hydrogens (primary N) is 1. The van der Waals surface area contributed by atoms with Crippen molar-refractivity contribution in [3.63, 3.8) is 0 Å². The average molecular weight is 306 g/mol. The van der Waals surface area contributed by atoms with Crippen molar-refractivity contribution in [3.8, 4) is 0 Å². The first-order valence-electron chi connectivity index (χ1n) is 7.70. The second-order valence-corrected chi connectivity index (χ2v) is 7.09. The predicted molar refractivity (Wildman–Crippen MR) is 82.7 cm³/mol. The number of hydrogen-bond donors (Lipinski definition) is 1. The van der Waals surface area contributed by atoms with Crippen molar-refractivity contribution in [2.24, 2.45) is 5.73 Å². The van der Waals surface area contributed by atoms with Crippen molar-refractivity contribution in [2.75, 3.05) is 45.8 Å². The molecule has 0 aromatic carbocycles. The highest BCUT2D eigenvalue weighted by atomic mass is 32.2. The van der Waals surface area contributed by atoms with E-state index in [0.29, 0.717) is 38.8 Å². The van der Waals surface area contributed by atoms with E-state index in [9.17, 15) is 8.42 Å². The van der Waals surface area contributed by atoms with E-state index in [1.165, 1.54) is 4.31 Å². The Balaban J connectivity index is 2.61. The van der Waals surface area contributed by atoms with E-state index in [0.717, 1.165) is 25.9 Å².